The van der Waals surface area contributed by atoms with Crippen molar-refractivity contribution in [2.45, 2.75) is 25.3 Å². The maximum atomic E-state index is 12.1. The van der Waals surface area contributed by atoms with Crippen LogP contribution in [0, 0.1) is 0 Å². The summed E-state index contributed by atoms with van der Waals surface area (Å²) in [5.41, 5.74) is 1.01. The molecular weight excluding hydrogens is 250 g/mol. The zero-order valence-corrected chi connectivity index (χ0v) is 11.6. The van der Waals surface area contributed by atoms with E-state index in [9.17, 15) is 4.79 Å². The third kappa shape index (κ3) is 4.67. The molecule has 1 N–H and O–H groups in total. The number of hydrogen-bond donors (Lipinski definition) is 1. The molecule has 4 heteroatoms. The normalized spacial score (nSPS) is 13.9. The van der Waals surface area contributed by atoms with Crippen molar-refractivity contribution in [2.75, 3.05) is 19.6 Å². The summed E-state index contributed by atoms with van der Waals surface area (Å²) in [7, 11) is 1.64. The number of methoxy groups -OCH3 is 1. The summed E-state index contributed by atoms with van der Waals surface area (Å²) in [6.45, 7) is 2.49. The summed E-state index contributed by atoms with van der Waals surface area (Å²) in [4.78, 5) is 12.1. The zero-order chi connectivity index (χ0) is 13.4. The SMILES string of the molecule is COCCC(CCl)NC(=O)C(C)c1ccccc1. The predicted molar refractivity (Wildman–Crippen MR) is 74.0 cm³/mol. The van der Waals surface area contributed by atoms with Gasteiger partial charge in [0.15, 0.2) is 0 Å². The topological polar surface area (TPSA) is 38.3 Å². The van der Waals surface area contributed by atoms with E-state index >= 15 is 0 Å². The van der Waals surface area contributed by atoms with Crippen molar-refractivity contribution in [3.05, 3.63) is 35.9 Å². The van der Waals surface area contributed by atoms with Gasteiger partial charge >= 0.3 is 0 Å². The van der Waals surface area contributed by atoms with Crippen LogP contribution >= 0.6 is 11.6 Å². The average molecular weight is 270 g/mol. The van der Waals surface area contributed by atoms with Crippen molar-refractivity contribution >= 4 is 17.5 Å². The third-order valence-electron chi connectivity index (χ3n) is 2.90. The lowest BCUT2D eigenvalue weighted by atomic mass is 10.00. The molecule has 2 atom stereocenters. The highest BCUT2D eigenvalue weighted by atomic mass is 35.5. The summed E-state index contributed by atoms with van der Waals surface area (Å²) in [5.74, 6) is 0.235. The van der Waals surface area contributed by atoms with E-state index in [-0.39, 0.29) is 17.9 Å². The van der Waals surface area contributed by atoms with Crippen LogP contribution in [0.5, 0.6) is 0 Å². The lowest BCUT2D eigenvalue weighted by molar-refractivity contribution is -0.122. The smallest absolute Gasteiger partial charge is 0.227 e. The summed E-state index contributed by atoms with van der Waals surface area (Å²) in [5, 5.41) is 2.95. The van der Waals surface area contributed by atoms with Crippen molar-refractivity contribution in [2.24, 2.45) is 0 Å². The van der Waals surface area contributed by atoms with Gasteiger partial charge < -0.3 is 10.1 Å². The number of carbonyl (C=O) groups is 1. The van der Waals surface area contributed by atoms with Gasteiger partial charge in [0.05, 0.1) is 5.92 Å². The highest BCUT2D eigenvalue weighted by Gasteiger charge is 2.18. The zero-order valence-electron chi connectivity index (χ0n) is 10.9. The monoisotopic (exact) mass is 269 g/mol. The van der Waals surface area contributed by atoms with Crippen LogP contribution in [0.4, 0.5) is 0 Å². The Bertz CT molecular complexity index is 356. The van der Waals surface area contributed by atoms with Gasteiger partial charge in [0.25, 0.3) is 0 Å². The Labute approximate surface area is 113 Å². The summed E-state index contributed by atoms with van der Waals surface area (Å²) < 4.78 is 4.99. The molecule has 1 rings (SSSR count). The molecule has 0 saturated carbocycles. The molecule has 0 aliphatic carbocycles. The van der Waals surface area contributed by atoms with E-state index in [0.29, 0.717) is 12.5 Å². The number of nitrogens with one attached hydrogen (secondary N) is 1. The van der Waals surface area contributed by atoms with Gasteiger partial charge in [-0.05, 0) is 18.9 Å². The quantitative estimate of drug-likeness (QED) is 0.773. The first kappa shape index (κ1) is 15.0. The number of rotatable bonds is 7. The van der Waals surface area contributed by atoms with Gasteiger partial charge in [-0.3, -0.25) is 4.79 Å². The molecule has 0 heterocycles. The van der Waals surface area contributed by atoms with Crippen molar-refractivity contribution < 1.29 is 9.53 Å². The van der Waals surface area contributed by atoms with E-state index in [0.717, 1.165) is 12.0 Å². The number of halogens is 1. The van der Waals surface area contributed by atoms with Crippen LogP contribution in [0.2, 0.25) is 0 Å². The Morgan fingerprint density at radius 1 is 1.39 bits per heavy atom. The highest BCUT2D eigenvalue weighted by molar-refractivity contribution is 6.18. The minimum Gasteiger partial charge on any atom is -0.385 e. The minimum atomic E-state index is -0.167. The first-order valence-corrected chi connectivity index (χ1v) is 6.62. The Hall–Kier alpha value is -1.06. The predicted octanol–water partition coefficient (Wildman–Crippen LogP) is 2.55. The second kappa shape index (κ2) is 8.11. The van der Waals surface area contributed by atoms with Crippen LogP contribution < -0.4 is 5.32 Å². The first-order valence-electron chi connectivity index (χ1n) is 6.09. The molecule has 1 aromatic carbocycles. The van der Waals surface area contributed by atoms with Crippen molar-refractivity contribution in [1.82, 2.24) is 5.32 Å². The fourth-order valence-corrected chi connectivity index (χ4v) is 1.90. The molecule has 100 valence electrons. The van der Waals surface area contributed by atoms with Gasteiger partial charge in [-0.1, -0.05) is 30.3 Å². The van der Waals surface area contributed by atoms with E-state index in [1.54, 1.807) is 7.11 Å². The first-order chi connectivity index (χ1) is 8.69. The lowest BCUT2D eigenvalue weighted by Gasteiger charge is -2.19. The van der Waals surface area contributed by atoms with Gasteiger partial charge in [-0.15, -0.1) is 11.6 Å². The van der Waals surface area contributed by atoms with Crippen LogP contribution in [0.15, 0.2) is 30.3 Å². The molecule has 1 amide bonds. The summed E-state index contributed by atoms with van der Waals surface area (Å²) >= 11 is 5.83. The van der Waals surface area contributed by atoms with E-state index in [2.05, 4.69) is 5.32 Å². The highest BCUT2D eigenvalue weighted by Crippen LogP contribution is 2.15. The van der Waals surface area contributed by atoms with Crippen LogP contribution in [0.25, 0.3) is 0 Å². The molecule has 0 aliphatic heterocycles. The molecule has 0 fully saturated rings. The molecule has 0 spiro atoms. The summed E-state index contributed by atoms with van der Waals surface area (Å²) in [6.07, 6.45) is 0.729. The maximum absolute atomic E-state index is 12.1. The Morgan fingerprint density at radius 2 is 2.06 bits per heavy atom. The Kier molecular flexibility index (Phi) is 6.76. The summed E-state index contributed by atoms with van der Waals surface area (Å²) in [6, 6.07) is 9.68. The van der Waals surface area contributed by atoms with E-state index in [4.69, 9.17) is 16.3 Å². The van der Waals surface area contributed by atoms with Crippen molar-refractivity contribution in [3.63, 3.8) is 0 Å². The van der Waals surface area contributed by atoms with E-state index in [1.807, 2.05) is 37.3 Å². The van der Waals surface area contributed by atoms with Crippen LogP contribution in [-0.2, 0) is 9.53 Å². The van der Waals surface area contributed by atoms with Gasteiger partial charge in [-0.2, -0.15) is 0 Å². The van der Waals surface area contributed by atoms with Gasteiger partial charge in [0.1, 0.15) is 0 Å². The standard InChI is InChI=1S/C14H20ClNO2/c1-11(12-6-4-3-5-7-12)14(17)16-13(10-15)8-9-18-2/h3-7,11,13H,8-10H2,1-2H3,(H,16,17). The van der Waals surface area contributed by atoms with Crippen LogP contribution in [-0.4, -0.2) is 31.5 Å². The molecule has 0 bridgehead atoms. The largest absolute Gasteiger partial charge is 0.385 e. The lowest BCUT2D eigenvalue weighted by Crippen LogP contribution is -2.39. The molecular formula is C14H20ClNO2. The van der Waals surface area contributed by atoms with Gasteiger partial charge in [0, 0.05) is 25.6 Å². The van der Waals surface area contributed by atoms with E-state index in [1.165, 1.54) is 0 Å². The van der Waals surface area contributed by atoms with Crippen molar-refractivity contribution in [1.29, 1.82) is 0 Å². The van der Waals surface area contributed by atoms with Gasteiger partial charge in [0.2, 0.25) is 5.91 Å². The molecule has 0 radical (unpaired) electrons. The Morgan fingerprint density at radius 3 is 2.61 bits per heavy atom. The molecule has 18 heavy (non-hydrogen) atoms. The fourth-order valence-electron chi connectivity index (χ4n) is 1.67. The van der Waals surface area contributed by atoms with Crippen LogP contribution in [0.1, 0.15) is 24.8 Å². The molecule has 0 aliphatic rings. The fraction of sp³-hybridized carbons (Fsp3) is 0.500. The molecule has 3 nitrogen and oxygen atoms in total. The number of ether oxygens (including phenoxy) is 1. The number of amides is 1. The molecule has 0 saturated heterocycles. The number of carbonyl (C=O) groups excluding carboxylic acids is 1. The molecule has 0 aromatic heterocycles. The second-order valence-electron chi connectivity index (χ2n) is 4.27. The number of alkyl halides is 1. The van der Waals surface area contributed by atoms with Crippen molar-refractivity contribution in [3.8, 4) is 0 Å². The molecule has 1 aromatic rings. The van der Waals surface area contributed by atoms with Gasteiger partial charge in [-0.25, -0.2) is 0 Å². The molecule has 2 unspecified atom stereocenters. The minimum absolute atomic E-state index is 0.00273. The van der Waals surface area contributed by atoms with E-state index < -0.39 is 0 Å². The third-order valence-corrected chi connectivity index (χ3v) is 3.27. The maximum Gasteiger partial charge on any atom is 0.227 e. The van der Waals surface area contributed by atoms with Crippen LogP contribution in [0.3, 0.4) is 0 Å². The number of hydrogen-bond acceptors (Lipinski definition) is 2. The number of benzene rings is 1. The average Bonchev–Trinajstić information content (AvgIpc) is 2.43. The second-order valence-corrected chi connectivity index (χ2v) is 4.58. The Balaban J connectivity index is 2.53.